The number of rotatable bonds is 6. The molecule has 1 saturated heterocycles. The van der Waals surface area contributed by atoms with Gasteiger partial charge in [-0.3, -0.25) is 9.59 Å². The van der Waals surface area contributed by atoms with Gasteiger partial charge < -0.3 is 10.2 Å². The molecule has 1 fully saturated rings. The quantitative estimate of drug-likeness (QED) is 0.868. The third-order valence-electron chi connectivity index (χ3n) is 4.12. The summed E-state index contributed by atoms with van der Waals surface area (Å²) in [5, 5.41) is 6.01. The Labute approximate surface area is 142 Å². The van der Waals surface area contributed by atoms with Crippen LogP contribution < -0.4 is 5.32 Å². The van der Waals surface area contributed by atoms with E-state index < -0.39 is 0 Å². The smallest absolute Gasteiger partial charge is 0.222 e. The van der Waals surface area contributed by atoms with Crippen LogP contribution in [0.1, 0.15) is 63.1 Å². The highest BCUT2D eigenvalue weighted by molar-refractivity contribution is 7.09. The standard InChI is InChI=1S/C17H27N3O2S/c1-4-6-15(21)20-8-5-7-13(10-20)17-19-14(11-23-17)9-18-16(22)12(2)3/h11-13H,4-10H2,1-3H3,(H,18,22)/t13-/m1/s1. The van der Waals surface area contributed by atoms with E-state index in [1.807, 2.05) is 31.1 Å². The third kappa shape index (κ3) is 5.03. The lowest BCUT2D eigenvalue weighted by Gasteiger charge is -2.31. The number of hydrogen-bond donors (Lipinski definition) is 1. The molecule has 1 aromatic heterocycles. The monoisotopic (exact) mass is 337 g/mol. The number of amides is 2. The van der Waals surface area contributed by atoms with Gasteiger partial charge in [-0.2, -0.15) is 0 Å². The Bertz CT molecular complexity index is 542. The summed E-state index contributed by atoms with van der Waals surface area (Å²) in [6, 6.07) is 0. The van der Waals surface area contributed by atoms with Crippen molar-refractivity contribution >= 4 is 23.2 Å². The lowest BCUT2D eigenvalue weighted by atomic mass is 9.98. The van der Waals surface area contributed by atoms with Crippen molar-refractivity contribution in [2.75, 3.05) is 13.1 Å². The van der Waals surface area contributed by atoms with Crippen LogP contribution in [0.2, 0.25) is 0 Å². The predicted octanol–water partition coefficient (Wildman–Crippen LogP) is 2.92. The van der Waals surface area contributed by atoms with E-state index in [2.05, 4.69) is 10.3 Å². The maximum atomic E-state index is 12.1. The second kappa shape index (κ2) is 8.43. The van der Waals surface area contributed by atoms with E-state index >= 15 is 0 Å². The van der Waals surface area contributed by atoms with Crippen LogP contribution in [-0.2, 0) is 16.1 Å². The zero-order valence-electron chi connectivity index (χ0n) is 14.3. The van der Waals surface area contributed by atoms with Crippen molar-refractivity contribution in [1.82, 2.24) is 15.2 Å². The second-order valence-corrected chi connectivity index (χ2v) is 7.37. The highest BCUT2D eigenvalue weighted by Gasteiger charge is 2.26. The topological polar surface area (TPSA) is 62.3 Å². The number of thiazole rings is 1. The molecule has 2 amide bonds. The SMILES string of the molecule is CCCC(=O)N1CCC[C@@H](c2nc(CNC(=O)C(C)C)cs2)C1. The number of likely N-dealkylation sites (tertiary alicyclic amines) is 1. The summed E-state index contributed by atoms with van der Waals surface area (Å²) in [6.07, 6.45) is 3.66. The Kier molecular flexibility index (Phi) is 6.57. The first-order chi connectivity index (χ1) is 11.0. The Balaban J connectivity index is 1.91. The molecule has 0 bridgehead atoms. The molecule has 0 aliphatic carbocycles. The van der Waals surface area contributed by atoms with E-state index in [1.165, 1.54) is 0 Å². The number of piperidine rings is 1. The van der Waals surface area contributed by atoms with E-state index in [9.17, 15) is 9.59 Å². The Morgan fingerprint density at radius 1 is 1.48 bits per heavy atom. The van der Waals surface area contributed by atoms with Crippen LogP contribution in [0, 0.1) is 5.92 Å². The van der Waals surface area contributed by atoms with Crippen LogP contribution in [0.3, 0.4) is 0 Å². The van der Waals surface area contributed by atoms with Gasteiger partial charge in [0, 0.05) is 36.7 Å². The lowest BCUT2D eigenvalue weighted by Crippen LogP contribution is -2.38. The first kappa shape index (κ1) is 17.9. The van der Waals surface area contributed by atoms with Crippen LogP contribution in [0.4, 0.5) is 0 Å². The van der Waals surface area contributed by atoms with Gasteiger partial charge in [-0.05, 0) is 19.3 Å². The third-order valence-corrected chi connectivity index (χ3v) is 5.18. The summed E-state index contributed by atoms with van der Waals surface area (Å²) in [4.78, 5) is 30.4. The van der Waals surface area contributed by atoms with E-state index in [-0.39, 0.29) is 17.7 Å². The Hall–Kier alpha value is -1.43. The fourth-order valence-electron chi connectivity index (χ4n) is 2.75. The van der Waals surface area contributed by atoms with Gasteiger partial charge in [0.15, 0.2) is 0 Å². The molecule has 1 N–H and O–H groups in total. The number of carbonyl (C=O) groups is 2. The van der Waals surface area contributed by atoms with Gasteiger partial charge in [0.1, 0.15) is 0 Å². The maximum Gasteiger partial charge on any atom is 0.222 e. The molecule has 1 aliphatic heterocycles. The minimum atomic E-state index is -0.00964. The van der Waals surface area contributed by atoms with Gasteiger partial charge in [-0.1, -0.05) is 20.8 Å². The molecule has 0 unspecified atom stereocenters. The molecule has 2 rings (SSSR count). The lowest BCUT2D eigenvalue weighted by molar-refractivity contribution is -0.132. The molecular weight excluding hydrogens is 310 g/mol. The van der Waals surface area contributed by atoms with Gasteiger partial charge in [0.2, 0.25) is 11.8 Å². The summed E-state index contributed by atoms with van der Waals surface area (Å²) in [5.41, 5.74) is 0.913. The average Bonchev–Trinajstić information content (AvgIpc) is 3.02. The second-order valence-electron chi connectivity index (χ2n) is 6.48. The van der Waals surface area contributed by atoms with E-state index in [1.54, 1.807) is 11.3 Å². The molecule has 1 aromatic rings. The minimum absolute atomic E-state index is 0.00964. The van der Waals surface area contributed by atoms with Crippen LogP contribution in [-0.4, -0.2) is 34.8 Å². The molecule has 0 radical (unpaired) electrons. The summed E-state index contributed by atoms with van der Waals surface area (Å²) >= 11 is 1.64. The maximum absolute atomic E-state index is 12.1. The summed E-state index contributed by atoms with van der Waals surface area (Å²) in [6.45, 7) is 7.94. The van der Waals surface area contributed by atoms with Crippen molar-refractivity contribution in [2.45, 2.75) is 58.9 Å². The molecule has 128 valence electrons. The van der Waals surface area contributed by atoms with Crippen LogP contribution >= 0.6 is 11.3 Å². The van der Waals surface area contributed by atoms with Crippen molar-refractivity contribution in [3.63, 3.8) is 0 Å². The van der Waals surface area contributed by atoms with Crippen molar-refractivity contribution in [3.8, 4) is 0 Å². The van der Waals surface area contributed by atoms with Gasteiger partial charge in [0.25, 0.3) is 0 Å². The summed E-state index contributed by atoms with van der Waals surface area (Å²) < 4.78 is 0. The van der Waals surface area contributed by atoms with Crippen LogP contribution in [0.15, 0.2) is 5.38 Å². The van der Waals surface area contributed by atoms with Crippen molar-refractivity contribution in [1.29, 1.82) is 0 Å². The number of aromatic nitrogens is 1. The van der Waals surface area contributed by atoms with Gasteiger partial charge >= 0.3 is 0 Å². The number of nitrogens with zero attached hydrogens (tertiary/aromatic N) is 2. The van der Waals surface area contributed by atoms with Crippen molar-refractivity contribution < 1.29 is 9.59 Å². The normalized spacial score (nSPS) is 18.3. The molecule has 0 spiro atoms. The predicted molar refractivity (Wildman–Crippen MR) is 92.3 cm³/mol. The van der Waals surface area contributed by atoms with Crippen molar-refractivity contribution in [3.05, 3.63) is 16.1 Å². The fourth-order valence-corrected chi connectivity index (χ4v) is 3.70. The Morgan fingerprint density at radius 3 is 2.96 bits per heavy atom. The van der Waals surface area contributed by atoms with Crippen molar-refractivity contribution in [2.24, 2.45) is 5.92 Å². The summed E-state index contributed by atoms with van der Waals surface area (Å²) in [7, 11) is 0. The number of nitrogens with one attached hydrogen (secondary N) is 1. The average molecular weight is 337 g/mol. The summed E-state index contributed by atoms with van der Waals surface area (Å²) in [5.74, 6) is 0.639. The van der Waals surface area contributed by atoms with E-state index in [0.29, 0.717) is 18.9 Å². The van der Waals surface area contributed by atoms with Gasteiger partial charge in [0.05, 0.1) is 17.2 Å². The zero-order chi connectivity index (χ0) is 16.8. The Morgan fingerprint density at radius 2 is 2.26 bits per heavy atom. The highest BCUT2D eigenvalue weighted by atomic mass is 32.1. The zero-order valence-corrected chi connectivity index (χ0v) is 15.1. The minimum Gasteiger partial charge on any atom is -0.350 e. The van der Waals surface area contributed by atoms with Crippen LogP contribution in [0.5, 0.6) is 0 Å². The van der Waals surface area contributed by atoms with Gasteiger partial charge in [-0.15, -0.1) is 11.3 Å². The number of carbonyl (C=O) groups excluding carboxylic acids is 2. The van der Waals surface area contributed by atoms with Gasteiger partial charge in [-0.25, -0.2) is 4.98 Å². The fraction of sp³-hybridized carbons (Fsp3) is 0.706. The molecule has 0 aromatic carbocycles. The molecule has 5 nitrogen and oxygen atoms in total. The first-order valence-electron chi connectivity index (χ1n) is 8.51. The molecule has 1 atom stereocenters. The van der Waals surface area contributed by atoms with E-state index in [0.717, 1.165) is 43.1 Å². The molecule has 6 heteroatoms. The molecular formula is C17H27N3O2S. The molecule has 0 saturated carbocycles. The molecule has 2 heterocycles. The van der Waals surface area contributed by atoms with E-state index in [4.69, 9.17) is 0 Å². The van der Waals surface area contributed by atoms with Crippen LogP contribution in [0.25, 0.3) is 0 Å². The molecule has 23 heavy (non-hydrogen) atoms. The number of hydrogen-bond acceptors (Lipinski definition) is 4. The highest BCUT2D eigenvalue weighted by Crippen LogP contribution is 2.29. The molecule has 1 aliphatic rings. The first-order valence-corrected chi connectivity index (χ1v) is 9.39. The largest absolute Gasteiger partial charge is 0.350 e.